The summed E-state index contributed by atoms with van der Waals surface area (Å²) in [4.78, 5) is 17.6. The molecule has 1 aliphatic rings. The molecular weight excluding hydrogens is 548 g/mol. The molecule has 0 saturated carbocycles. The summed E-state index contributed by atoms with van der Waals surface area (Å²) >= 11 is 0. The van der Waals surface area contributed by atoms with Gasteiger partial charge in [-0.15, -0.1) is 0 Å². The SMILES string of the molecule is COc1cc([C@@H](CCN2CCN(c3ccccc3)CC2)c2c(OC)cc(OC)c3c(C)cc(=O)oc23)cc(OC)c1OC. The summed E-state index contributed by atoms with van der Waals surface area (Å²) < 4.78 is 34.7. The van der Waals surface area contributed by atoms with Gasteiger partial charge in [-0.2, -0.15) is 0 Å². The molecule has 228 valence electrons. The summed E-state index contributed by atoms with van der Waals surface area (Å²) in [5.41, 5.74) is 3.74. The van der Waals surface area contributed by atoms with E-state index in [2.05, 4.69) is 34.1 Å². The van der Waals surface area contributed by atoms with Crippen molar-refractivity contribution < 1.29 is 28.1 Å². The molecular formula is C34H40N2O7. The van der Waals surface area contributed by atoms with Gasteiger partial charge in [-0.1, -0.05) is 18.2 Å². The maximum Gasteiger partial charge on any atom is 0.336 e. The molecule has 1 aromatic heterocycles. The maximum atomic E-state index is 12.7. The molecule has 43 heavy (non-hydrogen) atoms. The van der Waals surface area contributed by atoms with Gasteiger partial charge < -0.3 is 33.0 Å². The van der Waals surface area contributed by atoms with Crippen LogP contribution >= 0.6 is 0 Å². The second kappa shape index (κ2) is 13.3. The van der Waals surface area contributed by atoms with Crippen LogP contribution < -0.4 is 34.2 Å². The quantitative estimate of drug-likeness (QED) is 0.211. The number of nitrogens with zero attached hydrogens (tertiary/aromatic N) is 2. The highest BCUT2D eigenvalue weighted by Gasteiger charge is 2.29. The van der Waals surface area contributed by atoms with Crippen molar-refractivity contribution in [3.05, 3.63) is 81.7 Å². The second-order valence-electron chi connectivity index (χ2n) is 10.6. The van der Waals surface area contributed by atoms with Crippen molar-refractivity contribution in [1.82, 2.24) is 4.90 Å². The predicted octanol–water partition coefficient (Wildman–Crippen LogP) is 5.49. The molecule has 9 nitrogen and oxygen atoms in total. The van der Waals surface area contributed by atoms with E-state index in [1.807, 2.05) is 31.2 Å². The largest absolute Gasteiger partial charge is 0.496 e. The first kappa shape index (κ1) is 30.1. The third-order valence-corrected chi connectivity index (χ3v) is 8.28. The van der Waals surface area contributed by atoms with Crippen molar-refractivity contribution in [1.29, 1.82) is 0 Å². The number of hydrogen-bond donors (Lipinski definition) is 0. The Morgan fingerprint density at radius 3 is 1.98 bits per heavy atom. The minimum atomic E-state index is -0.428. The number of fused-ring (bicyclic) bond motifs is 1. The van der Waals surface area contributed by atoms with Gasteiger partial charge in [-0.25, -0.2) is 4.79 Å². The monoisotopic (exact) mass is 588 g/mol. The fraction of sp³-hybridized carbons (Fsp3) is 0.382. The van der Waals surface area contributed by atoms with E-state index in [0.29, 0.717) is 34.3 Å². The van der Waals surface area contributed by atoms with Crippen molar-refractivity contribution in [3.8, 4) is 28.7 Å². The molecule has 0 unspecified atom stereocenters. The Bertz CT molecular complexity index is 1590. The molecule has 3 aromatic carbocycles. The standard InChI is InChI=1S/C34H40N2O7/c1-22-18-30(37)43-34-31(22)26(38-2)21-27(39-3)32(34)25(23-19-28(40-4)33(42-6)29(20-23)41-5)12-13-35-14-16-36(17-15-35)24-10-8-7-9-11-24/h7-11,18-21,25H,12-17H2,1-6H3/t25-/m1/s1. The zero-order chi connectivity index (χ0) is 30.5. The summed E-state index contributed by atoms with van der Waals surface area (Å²) in [5, 5.41) is 0.742. The first-order valence-electron chi connectivity index (χ1n) is 14.4. The van der Waals surface area contributed by atoms with E-state index in [1.54, 1.807) is 35.5 Å². The van der Waals surface area contributed by atoms with E-state index in [4.69, 9.17) is 28.1 Å². The lowest BCUT2D eigenvalue weighted by Crippen LogP contribution is -2.46. The Balaban J connectivity index is 1.59. The Labute approximate surface area is 252 Å². The lowest BCUT2D eigenvalue weighted by atomic mass is 9.85. The highest BCUT2D eigenvalue weighted by atomic mass is 16.5. The number of methoxy groups -OCH3 is 5. The number of anilines is 1. The normalized spacial score (nSPS) is 14.4. The van der Waals surface area contributed by atoms with Crippen molar-refractivity contribution in [3.63, 3.8) is 0 Å². The maximum absolute atomic E-state index is 12.7. The van der Waals surface area contributed by atoms with E-state index in [0.717, 1.165) is 61.2 Å². The van der Waals surface area contributed by atoms with E-state index in [9.17, 15) is 4.79 Å². The molecule has 1 aliphatic heterocycles. The van der Waals surface area contributed by atoms with Crippen LogP contribution in [-0.2, 0) is 0 Å². The smallest absolute Gasteiger partial charge is 0.336 e. The van der Waals surface area contributed by atoms with Crippen LogP contribution in [-0.4, -0.2) is 73.2 Å². The van der Waals surface area contributed by atoms with E-state index < -0.39 is 5.63 Å². The summed E-state index contributed by atoms with van der Waals surface area (Å²) in [6.07, 6.45) is 0.722. The lowest BCUT2D eigenvalue weighted by molar-refractivity contribution is 0.250. The summed E-state index contributed by atoms with van der Waals surface area (Å²) in [6, 6.07) is 17.8. The van der Waals surface area contributed by atoms with Gasteiger partial charge in [0.25, 0.3) is 0 Å². The number of hydrogen-bond acceptors (Lipinski definition) is 9. The van der Waals surface area contributed by atoms with Gasteiger partial charge in [-0.3, -0.25) is 4.90 Å². The molecule has 0 N–H and O–H groups in total. The van der Waals surface area contributed by atoms with Gasteiger partial charge in [0.2, 0.25) is 5.75 Å². The van der Waals surface area contributed by atoms with E-state index in [1.165, 1.54) is 11.8 Å². The fourth-order valence-corrected chi connectivity index (χ4v) is 6.11. The third kappa shape index (κ3) is 6.08. The highest BCUT2D eigenvalue weighted by Crippen LogP contribution is 2.47. The number of rotatable bonds is 11. The van der Waals surface area contributed by atoms with Crippen molar-refractivity contribution >= 4 is 16.7 Å². The molecule has 9 heteroatoms. The number of piperazine rings is 1. The highest BCUT2D eigenvalue weighted by molar-refractivity contribution is 5.92. The van der Waals surface area contributed by atoms with Crippen LogP contribution in [0.4, 0.5) is 5.69 Å². The lowest BCUT2D eigenvalue weighted by Gasteiger charge is -2.37. The second-order valence-corrected chi connectivity index (χ2v) is 10.6. The third-order valence-electron chi connectivity index (χ3n) is 8.28. The molecule has 1 atom stereocenters. The van der Waals surface area contributed by atoms with Gasteiger partial charge in [0.1, 0.15) is 17.1 Å². The zero-order valence-electron chi connectivity index (χ0n) is 25.8. The van der Waals surface area contributed by atoms with Gasteiger partial charge in [0.15, 0.2) is 11.5 Å². The molecule has 0 bridgehead atoms. The number of aryl methyl sites for hydroxylation is 1. The van der Waals surface area contributed by atoms with E-state index >= 15 is 0 Å². The number of ether oxygens (including phenoxy) is 5. The average molecular weight is 589 g/mol. The average Bonchev–Trinajstić information content (AvgIpc) is 3.04. The first-order chi connectivity index (χ1) is 20.9. The van der Waals surface area contributed by atoms with Gasteiger partial charge >= 0.3 is 5.63 Å². The minimum Gasteiger partial charge on any atom is -0.496 e. The van der Waals surface area contributed by atoms with Crippen molar-refractivity contribution in [2.75, 3.05) is 73.2 Å². The molecule has 0 amide bonds. The minimum absolute atomic E-state index is 0.242. The van der Waals surface area contributed by atoms with Gasteiger partial charge in [0, 0.05) is 55.5 Å². The van der Waals surface area contributed by atoms with Crippen LogP contribution in [0.2, 0.25) is 0 Å². The summed E-state index contributed by atoms with van der Waals surface area (Å²) in [5.74, 6) is 2.52. The Hall–Kier alpha value is -4.37. The van der Waals surface area contributed by atoms with Crippen LogP contribution in [0.25, 0.3) is 11.0 Å². The molecule has 1 saturated heterocycles. The molecule has 0 spiro atoms. The van der Waals surface area contributed by atoms with Crippen LogP contribution in [0.1, 0.15) is 29.0 Å². The molecule has 2 heterocycles. The Morgan fingerprint density at radius 2 is 1.40 bits per heavy atom. The summed E-state index contributed by atoms with van der Waals surface area (Å²) in [7, 11) is 8.02. The van der Waals surface area contributed by atoms with E-state index in [-0.39, 0.29) is 5.92 Å². The topological polar surface area (TPSA) is 82.8 Å². The van der Waals surface area contributed by atoms with Gasteiger partial charge in [0.05, 0.1) is 40.9 Å². The molecule has 0 aliphatic carbocycles. The van der Waals surface area contributed by atoms with Crippen LogP contribution in [0.15, 0.2) is 63.8 Å². The zero-order valence-corrected chi connectivity index (χ0v) is 25.8. The van der Waals surface area contributed by atoms with Crippen LogP contribution in [0, 0.1) is 6.92 Å². The Kier molecular flexibility index (Phi) is 9.31. The molecule has 0 radical (unpaired) electrons. The molecule has 1 fully saturated rings. The van der Waals surface area contributed by atoms with Crippen molar-refractivity contribution in [2.45, 2.75) is 19.3 Å². The Morgan fingerprint density at radius 1 is 0.767 bits per heavy atom. The van der Waals surface area contributed by atoms with Gasteiger partial charge in [-0.05, 0) is 55.3 Å². The molecule has 5 rings (SSSR count). The predicted molar refractivity (Wildman–Crippen MR) is 168 cm³/mol. The van der Waals surface area contributed by atoms with Crippen LogP contribution in [0.5, 0.6) is 28.7 Å². The number of benzene rings is 3. The first-order valence-corrected chi connectivity index (χ1v) is 14.4. The summed E-state index contributed by atoms with van der Waals surface area (Å²) in [6.45, 7) is 6.47. The molecule has 4 aromatic rings. The number of para-hydroxylation sites is 1. The fourth-order valence-electron chi connectivity index (χ4n) is 6.11. The van der Waals surface area contributed by atoms with Crippen LogP contribution in [0.3, 0.4) is 0 Å². The van der Waals surface area contributed by atoms with Crippen molar-refractivity contribution in [2.24, 2.45) is 0 Å².